The standard InChI is InChI=1S/C10H15ClN4.ClH/c1-15(8-2-3-12-6-8)7-9-10(11)14-5-4-13-9;/h4-5,8,12H,2-3,6-7H2,1H3;1H/t8-;/m1./s1. The lowest BCUT2D eigenvalue weighted by molar-refractivity contribution is 0.246. The van der Waals surface area contributed by atoms with Crippen LogP contribution in [0.5, 0.6) is 0 Å². The van der Waals surface area contributed by atoms with Gasteiger partial charge in [0.15, 0.2) is 5.15 Å². The second-order valence-electron chi connectivity index (χ2n) is 3.86. The van der Waals surface area contributed by atoms with Crippen LogP contribution in [0.1, 0.15) is 12.1 Å². The van der Waals surface area contributed by atoms with Crippen LogP contribution in [-0.4, -0.2) is 41.0 Å². The maximum Gasteiger partial charge on any atom is 0.151 e. The van der Waals surface area contributed by atoms with Crippen molar-refractivity contribution in [3.8, 4) is 0 Å². The Hall–Kier alpha value is -0.420. The predicted molar refractivity (Wildman–Crippen MR) is 67.0 cm³/mol. The first-order chi connectivity index (χ1) is 7.27. The van der Waals surface area contributed by atoms with Crippen LogP contribution in [0.3, 0.4) is 0 Å². The molecular weight excluding hydrogens is 247 g/mol. The molecule has 16 heavy (non-hydrogen) atoms. The lowest BCUT2D eigenvalue weighted by atomic mass is 10.2. The van der Waals surface area contributed by atoms with Gasteiger partial charge in [-0.1, -0.05) is 11.6 Å². The molecule has 1 aliphatic heterocycles. The van der Waals surface area contributed by atoms with Gasteiger partial charge in [0.1, 0.15) is 0 Å². The van der Waals surface area contributed by atoms with Crippen molar-refractivity contribution in [1.29, 1.82) is 0 Å². The summed E-state index contributed by atoms with van der Waals surface area (Å²) in [6.45, 7) is 2.91. The zero-order valence-corrected chi connectivity index (χ0v) is 10.8. The van der Waals surface area contributed by atoms with Crippen LogP contribution in [0.15, 0.2) is 12.4 Å². The molecule has 1 saturated heterocycles. The van der Waals surface area contributed by atoms with Gasteiger partial charge in [0.25, 0.3) is 0 Å². The normalized spacial score (nSPS) is 19.8. The molecule has 0 bridgehead atoms. The number of likely N-dealkylation sites (N-methyl/N-ethyl adjacent to an activating group) is 1. The summed E-state index contributed by atoms with van der Waals surface area (Å²) in [7, 11) is 2.10. The van der Waals surface area contributed by atoms with Crippen LogP contribution >= 0.6 is 24.0 Å². The molecule has 1 atom stereocenters. The molecule has 1 N–H and O–H groups in total. The second kappa shape index (κ2) is 6.35. The molecule has 2 heterocycles. The van der Waals surface area contributed by atoms with Crippen LogP contribution in [0.25, 0.3) is 0 Å². The quantitative estimate of drug-likeness (QED) is 0.893. The van der Waals surface area contributed by atoms with Gasteiger partial charge in [-0.25, -0.2) is 4.98 Å². The average Bonchev–Trinajstić information content (AvgIpc) is 2.74. The Morgan fingerprint density at radius 1 is 1.50 bits per heavy atom. The highest BCUT2D eigenvalue weighted by atomic mass is 35.5. The Balaban J connectivity index is 0.00000128. The van der Waals surface area contributed by atoms with E-state index in [0.29, 0.717) is 11.2 Å². The van der Waals surface area contributed by atoms with E-state index in [1.54, 1.807) is 12.4 Å². The molecule has 0 spiro atoms. The largest absolute Gasteiger partial charge is 0.315 e. The topological polar surface area (TPSA) is 41.1 Å². The van der Waals surface area contributed by atoms with Gasteiger partial charge in [0.2, 0.25) is 0 Å². The molecule has 0 amide bonds. The van der Waals surface area contributed by atoms with E-state index in [2.05, 4.69) is 27.2 Å². The van der Waals surface area contributed by atoms with E-state index in [9.17, 15) is 0 Å². The maximum absolute atomic E-state index is 5.96. The molecule has 1 fully saturated rings. The molecule has 0 radical (unpaired) electrons. The van der Waals surface area contributed by atoms with Gasteiger partial charge in [0.05, 0.1) is 5.69 Å². The fourth-order valence-corrected chi connectivity index (χ4v) is 2.00. The minimum Gasteiger partial charge on any atom is -0.315 e. The smallest absolute Gasteiger partial charge is 0.151 e. The molecule has 1 aromatic rings. The van der Waals surface area contributed by atoms with Crippen molar-refractivity contribution in [2.24, 2.45) is 0 Å². The molecule has 0 aromatic carbocycles. The first-order valence-electron chi connectivity index (χ1n) is 5.13. The highest BCUT2D eigenvalue weighted by Gasteiger charge is 2.20. The van der Waals surface area contributed by atoms with E-state index in [1.165, 1.54) is 6.42 Å². The Kier molecular flexibility index (Phi) is 5.41. The van der Waals surface area contributed by atoms with Crippen molar-refractivity contribution < 1.29 is 0 Å². The summed E-state index contributed by atoms with van der Waals surface area (Å²) in [4.78, 5) is 10.5. The van der Waals surface area contributed by atoms with Crippen molar-refractivity contribution in [2.75, 3.05) is 20.1 Å². The summed E-state index contributed by atoms with van der Waals surface area (Å²) < 4.78 is 0. The molecule has 1 aliphatic rings. The number of rotatable bonds is 3. The number of nitrogens with one attached hydrogen (secondary N) is 1. The number of aromatic nitrogens is 2. The van der Waals surface area contributed by atoms with Crippen LogP contribution in [0.2, 0.25) is 5.15 Å². The molecule has 90 valence electrons. The Morgan fingerprint density at radius 2 is 2.25 bits per heavy atom. The molecular formula is C10H16Cl2N4. The summed E-state index contributed by atoms with van der Waals surface area (Å²) >= 11 is 5.96. The molecule has 4 nitrogen and oxygen atoms in total. The Labute approximate surface area is 107 Å². The van der Waals surface area contributed by atoms with Gasteiger partial charge in [-0.2, -0.15) is 0 Å². The van der Waals surface area contributed by atoms with Crippen LogP contribution < -0.4 is 5.32 Å². The Bertz CT molecular complexity index is 328. The predicted octanol–water partition coefficient (Wildman–Crippen LogP) is 1.35. The van der Waals surface area contributed by atoms with Crippen molar-refractivity contribution in [3.63, 3.8) is 0 Å². The first-order valence-corrected chi connectivity index (χ1v) is 5.51. The van der Waals surface area contributed by atoms with Crippen LogP contribution in [0.4, 0.5) is 0 Å². The molecule has 1 aromatic heterocycles. The first kappa shape index (κ1) is 13.6. The third-order valence-corrected chi connectivity index (χ3v) is 3.10. The molecule has 0 aliphatic carbocycles. The van der Waals surface area contributed by atoms with Gasteiger partial charge in [0, 0.05) is 31.5 Å². The number of hydrogen-bond acceptors (Lipinski definition) is 4. The highest BCUT2D eigenvalue weighted by Crippen LogP contribution is 2.14. The number of hydrogen-bond donors (Lipinski definition) is 1. The summed E-state index contributed by atoms with van der Waals surface area (Å²) in [5.41, 5.74) is 0.855. The summed E-state index contributed by atoms with van der Waals surface area (Å²) in [5, 5.41) is 3.85. The van der Waals surface area contributed by atoms with Crippen molar-refractivity contribution in [2.45, 2.75) is 19.0 Å². The van der Waals surface area contributed by atoms with Gasteiger partial charge >= 0.3 is 0 Å². The van der Waals surface area contributed by atoms with E-state index < -0.39 is 0 Å². The van der Waals surface area contributed by atoms with Gasteiger partial charge in [-0.05, 0) is 20.0 Å². The van der Waals surface area contributed by atoms with E-state index in [1.807, 2.05) is 0 Å². The van der Waals surface area contributed by atoms with Crippen molar-refractivity contribution >= 4 is 24.0 Å². The lowest BCUT2D eigenvalue weighted by Crippen LogP contribution is -2.33. The highest BCUT2D eigenvalue weighted by molar-refractivity contribution is 6.29. The molecule has 0 unspecified atom stereocenters. The van der Waals surface area contributed by atoms with Crippen LogP contribution in [0, 0.1) is 0 Å². The molecule has 6 heteroatoms. The number of halogens is 2. The Morgan fingerprint density at radius 3 is 2.88 bits per heavy atom. The summed E-state index contributed by atoms with van der Waals surface area (Å²) in [5.74, 6) is 0. The zero-order valence-electron chi connectivity index (χ0n) is 9.19. The minimum absolute atomic E-state index is 0. The van der Waals surface area contributed by atoms with E-state index in [0.717, 1.165) is 25.3 Å². The van der Waals surface area contributed by atoms with Crippen LogP contribution in [-0.2, 0) is 6.54 Å². The van der Waals surface area contributed by atoms with E-state index >= 15 is 0 Å². The SMILES string of the molecule is CN(Cc1nccnc1Cl)[C@@H]1CCNC1.Cl. The van der Waals surface area contributed by atoms with Gasteiger partial charge in [-0.3, -0.25) is 9.88 Å². The zero-order chi connectivity index (χ0) is 10.7. The third kappa shape index (κ3) is 3.28. The van der Waals surface area contributed by atoms with E-state index in [4.69, 9.17) is 11.6 Å². The molecule has 0 saturated carbocycles. The average molecular weight is 263 g/mol. The fourth-order valence-electron chi connectivity index (χ4n) is 1.84. The fraction of sp³-hybridized carbons (Fsp3) is 0.600. The van der Waals surface area contributed by atoms with Gasteiger partial charge < -0.3 is 5.32 Å². The maximum atomic E-state index is 5.96. The lowest BCUT2D eigenvalue weighted by Gasteiger charge is -2.22. The summed E-state index contributed by atoms with van der Waals surface area (Å²) in [6.07, 6.45) is 4.49. The second-order valence-corrected chi connectivity index (χ2v) is 4.21. The van der Waals surface area contributed by atoms with E-state index in [-0.39, 0.29) is 12.4 Å². The third-order valence-electron chi connectivity index (χ3n) is 2.78. The van der Waals surface area contributed by atoms with Crippen molar-refractivity contribution in [1.82, 2.24) is 20.2 Å². The van der Waals surface area contributed by atoms with Gasteiger partial charge in [-0.15, -0.1) is 12.4 Å². The molecule has 2 rings (SSSR count). The van der Waals surface area contributed by atoms with Crippen molar-refractivity contribution in [3.05, 3.63) is 23.2 Å². The summed E-state index contributed by atoms with van der Waals surface area (Å²) in [6, 6.07) is 0.586. The number of nitrogens with zero attached hydrogens (tertiary/aromatic N) is 3. The monoisotopic (exact) mass is 262 g/mol. The minimum atomic E-state index is 0.